The molecule has 12 heteroatoms. The van der Waals surface area contributed by atoms with Crippen molar-refractivity contribution in [1.82, 2.24) is 19.9 Å². The molecule has 0 aliphatic heterocycles. The molecule has 0 aliphatic rings. The molecule has 0 aliphatic carbocycles. The first-order valence-electron chi connectivity index (χ1n) is 8.94. The van der Waals surface area contributed by atoms with Crippen LogP contribution in [0.5, 0.6) is 0 Å². The summed E-state index contributed by atoms with van der Waals surface area (Å²) in [6.45, 7) is 10.1. The minimum Gasteiger partial charge on any atom is -0.258 e. The van der Waals surface area contributed by atoms with Crippen molar-refractivity contribution >= 4 is 25.6 Å². The third-order valence-corrected chi connectivity index (χ3v) is 7.21. The lowest BCUT2D eigenvalue weighted by atomic mass is 10.1. The summed E-state index contributed by atoms with van der Waals surface area (Å²) in [6.07, 6.45) is 6.30. The van der Waals surface area contributed by atoms with E-state index in [0.717, 1.165) is 11.4 Å². The van der Waals surface area contributed by atoms with Crippen LogP contribution < -0.4 is 10.3 Å². The second-order valence-electron chi connectivity index (χ2n) is 6.93. The Labute approximate surface area is 178 Å². The van der Waals surface area contributed by atoms with Gasteiger partial charge in [-0.3, -0.25) is 19.9 Å². The highest BCUT2D eigenvalue weighted by Gasteiger charge is 2.25. The summed E-state index contributed by atoms with van der Waals surface area (Å²) in [6, 6.07) is 0. The van der Waals surface area contributed by atoms with E-state index < -0.39 is 25.3 Å². The van der Waals surface area contributed by atoms with Gasteiger partial charge in [-0.05, 0) is 40.2 Å². The Morgan fingerprint density at radius 2 is 1.33 bits per heavy atom. The van der Waals surface area contributed by atoms with Crippen molar-refractivity contribution in [2.45, 2.75) is 52.7 Å². The zero-order valence-electron chi connectivity index (χ0n) is 17.9. The van der Waals surface area contributed by atoms with Crippen molar-refractivity contribution < 1.29 is 16.8 Å². The lowest BCUT2D eigenvalue weighted by molar-refractivity contribution is 0.568. The molecule has 0 aromatic carbocycles. The molecule has 0 spiro atoms. The Morgan fingerprint density at radius 1 is 0.833 bits per heavy atom. The van der Waals surface area contributed by atoms with Crippen molar-refractivity contribution in [3.63, 3.8) is 0 Å². The number of allylic oxidation sites excluding steroid dienone is 2. The topological polar surface area (TPSA) is 172 Å². The standard InChI is InChI=1S/C9H15N3O2S.C9H13N3O2S/c2*1-6-4-12-9(5-11-6)7(2)8(3)15(10,13)14/h4-5,7-8H,1-3H3,(H2,10,13,14);4-5H,1-3H3,(H2,10,13,14)/b;8-7+/t7-,8-;/m0./s1. The third kappa shape index (κ3) is 7.52. The van der Waals surface area contributed by atoms with Crippen LogP contribution in [0.1, 0.15) is 56.4 Å². The van der Waals surface area contributed by atoms with Gasteiger partial charge >= 0.3 is 0 Å². The number of aromatic nitrogens is 4. The Kier molecular flexibility index (Phi) is 8.72. The molecule has 0 radical (unpaired) electrons. The van der Waals surface area contributed by atoms with Gasteiger partial charge in [0, 0.05) is 24.5 Å². The maximum absolute atomic E-state index is 11.1. The summed E-state index contributed by atoms with van der Waals surface area (Å²) in [5, 5.41) is 9.43. The minimum absolute atomic E-state index is 0.112. The lowest BCUT2D eigenvalue weighted by Gasteiger charge is -2.16. The molecule has 2 atom stereocenters. The normalized spacial score (nSPS) is 14.8. The molecule has 0 unspecified atom stereocenters. The van der Waals surface area contributed by atoms with E-state index in [4.69, 9.17) is 10.3 Å². The predicted octanol–water partition coefficient (Wildman–Crippen LogP) is 1.39. The molecule has 30 heavy (non-hydrogen) atoms. The Bertz CT molecular complexity index is 1100. The summed E-state index contributed by atoms with van der Waals surface area (Å²) in [7, 11) is -7.18. The van der Waals surface area contributed by atoms with E-state index >= 15 is 0 Å². The monoisotopic (exact) mass is 456 g/mol. The molecule has 0 saturated heterocycles. The molecular weight excluding hydrogens is 428 g/mol. The van der Waals surface area contributed by atoms with Crippen LogP contribution >= 0.6 is 0 Å². The maximum atomic E-state index is 11.1. The molecule has 2 heterocycles. The van der Waals surface area contributed by atoms with Gasteiger partial charge in [-0.15, -0.1) is 0 Å². The van der Waals surface area contributed by atoms with Crippen LogP contribution in [-0.4, -0.2) is 42.0 Å². The summed E-state index contributed by atoms with van der Waals surface area (Å²) < 4.78 is 44.5. The number of rotatable bonds is 5. The van der Waals surface area contributed by atoms with Crippen molar-refractivity contribution in [2.24, 2.45) is 10.3 Å². The van der Waals surface area contributed by atoms with Crippen molar-refractivity contribution in [1.29, 1.82) is 0 Å². The van der Waals surface area contributed by atoms with Crippen LogP contribution in [0, 0.1) is 13.8 Å². The molecule has 10 nitrogen and oxygen atoms in total. The second-order valence-corrected chi connectivity index (χ2v) is 10.6. The van der Waals surface area contributed by atoms with E-state index in [1.165, 1.54) is 13.1 Å². The summed E-state index contributed by atoms with van der Waals surface area (Å²) in [5.41, 5.74) is 3.26. The highest BCUT2D eigenvalue weighted by molar-refractivity contribution is 7.93. The van der Waals surface area contributed by atoms with E-state index in [-0.39, 0.29) is 10.8 Å². The number of nitrogens with zero attached hydrogens (tertiary/aromatic N) is 4. The fourth-order valence-corrected chi connectivity index (χ4v) is 3.38. The average Bonchev–Trinajstić information content (AvgIpc) is 2.66. The molecule has 0 amide bonds. The number of aryl methyl sites for hydroxylation is 2. The highest BCUT2D eigenvalue weighted by Crippen LogP contribution is 2.20. The number of sulfonamides is 2. The fraction of sp³-hybridized carbons (Fsp3) is 0.444. The second kappa shape index (κ2) is 10.2. The zero-order valence-corrected chi connectivity index (χ0v) is 19.5. The van der Waals surface area contributed by atoms with Gasteiger partial charge in [-0.1, -0.05) is 6.92 Å². The molecule has 2 aromatic heterocycles. The molecule has 0 bridgehead atoms. The van der Waals surface area contributed by atoms with Crippen LogP contribution in [0.2, 0.25) is 0 Å². The third-order valence-electron chi connectivity index (χ3n) is 4.61. The summed E-state index contributed by atoms with van der Waals surface area (Å²) in [4.78, 5) is 16.4. The first kappa shape index (κ1) is 25.8. The fourth-order valence-electron chi connectivity index (χ4n) is 2.14. The smallest absolute Gasteiger partial charge is 0.234 e. The molecular formula is C18H28N6O4S2. The van der Waals surface area contributed by atoms with Gasteiger partial charge in [0.15, 0.2) is 0 Å². The van der Waals surface area contributed by atoms with Crippen LogP contribution in [0.25, 0.3) is 5.57 Å². The Balaban J connectivity index is 0.000000300. The molecule has 2 rings (SSSR count). The van der Waals surface area contributed by atoms with Gasteiger partial charge in [0.05, 0.1) is 39.1 Å². The van der Waals surface area contributed by atoms with Gasteiger partial charge in [-0.25, -0.2) is 27.1 Å². The molecule has 166 valence electrons. The quantitative estimate of drug-likeness (QED) is 0.679. The van der Waals surface area contributed by atoms with Crippen LogP contribution in [0.4, 0.5) is 0 Å². The first-order chi connectivity index (χ1) is 13.6. The van der Waals surface area contributed by atoms with Crippen molar-refractivity contribution in [3.8, 4) is 0 Å². The molecule has 0 saturated carbocycles. The average molecular weight is 457 g/mol. The highest BCUT2D eigenvalue weighted by atomic mass is 32.2. The van der Waals surface area contributed by atoms with Gasteiger partial charge in [0.1, 0.15) is 0 Å². The first-order valence-corrected chi connectivity index (χ1v) is 12.1. The molecule has 4 N–H and O–H groups in total. The SMILES string of the molecule is C/C(=C(/C)S(N)(=O)=O)c1cnc(C)cn1.Cc1cnc([C@@H](C)[C@H](C)S(N)(=O)=O)cn1. The number of hydrogen-bond acceptors (Lipinski definition) is 8. The van der Waals surface area contributed by atoms with E-state index in [9.17, 15) is 16.8 Å². The largest absolute Gasteiger partial charge is 0.258 e. The van der Waals surface area contributed by atoms with E-state index in [1.807, 2.05) is 13.8 Å². The van der Waals surface area contributed by atoms with Gasteiger partial charge < -0.3 is 0 Å². The van der Waals surface area contributed by atoms with E-state index in [1.54, 1.807) is 39.4 Å². The number of nitrogens with two attached hydrogens (primary N) is 2. The van der Waals surface area contributed by atoms with E-state index in [0.29, 0.717) is 17.0 Å². The number of hydrogen-bond donors (Lipinski definition) is 2. The van der Waals surface area contributed by atoms with Crippen LogP contribution in [0.3, 0.4) is 0 Å². The van der Waals surface area contributed by atoms with Crippen molar-refractivity contribution in [2.75, 3.05) is 0 Å². The van der Waals surface area contributed by atoms with Gasteiger partial charge in [0.2, 0.25) is 20.0 Å². The molecule has 0 fully saturated rings. The van der Waals surface area contributed by atoms with Crippen LogP contribution in [0.15, 0.2) is 29.7 Å². The van der Waals surface area contributed by atoms with Crippen molar-refractivity contribution in [3.05, 3.63) is 52.5 Å². The lowest BCUT2D eigenvalue weighted by Crippen LogP contribution is -2.30. The van der Waals surface area contributed by atoms with E-state index in [2.05, 4.69) is 19.9 Å². The van der Waals surface area contributed by atoms with Crippen LogP contribution in [-0.2, 0) is 20.0 Å². The van der Waals surface area contributed by atoms with Gasteiger partial charge in [0.25, 0.3) is 0 Å². The minimum atomic E-state index is -3.65. The number of primary sulfonamides is 2. The summed E-state index contributed by atoms with van der Waals surface area (Å²) in [5.74, 6) is -0.256. The summed E-state index contributed by atoms with van der Waals surface area (Å²) >= 11 is 0. The molecule has 2 aromatic rings. The Hall–Kier alpha value is -2.28. The van der Waals surface area contributed by atoms with Gasteiger partial charge in [-0.2, -0.15) is 0 Å². The predicted molar refractivity (Wildman–Crippen MR) is 116 cm³/mol. The zero-order chi connectivity index (χ0) is 23.3. The maximum Gasteiger partial charge on any atom is 0.234 e. The Morgan fingerprint density at radius 3 is 1.70 bits per heavy atom.